The van der Waals surface area contributed by atoms with E-state index in [2.05, 4.69) is 15.1 Å². The molecular weight excluding hydrogens is 279 g/mol. The smallest absolute Gasteiger partial charge is 0.545 e. The largest absolute Gasteiger partial charge is 1.00 e. The molecule has 3 aromatic rings. The molecule has 100 valence electrons. The van der Waals surface area contributed by atoms with Crippen LogP contribution in [-0.4, -0.2) is 25.6 Å². The van der Waals surface area contributed by atoms with Gasteiger partial charge in [-0.2, -0.15) is 5.10 Å². The van der Waals surface area contributed by atoms with Gasteiger partial charge in [-0.3, -0.25) is 4.98 Å². The van der Waals surface area contributed by atoms with Gasteiger partial charge in [-0.15, -0.1) is 0 Å². The van der Waals surface area contributed by atoms with Crippen molar-refractivity contribution in [3.05, 3.63) is 47.9 Å². The van der Waals surface area contributed by atoms with Crippen LogP contribution >= 0.6 is 0 Å². The van der Waals surface area contributed by atoms with Crippen molar-refractivity contribution in [2.45, 2.75) is 13.3 Å². The minimum atomic E-state index is -1.28. The van der Waals surface area contributed by atoms with Crippen molar-refractivity contribution >= 4 is 11.6 Å². The predicted octanol–water partition coefficient (Wildman–Crippen LogP) is -2.28. The van der Waals surface area contributed by atoms with Crippen molar-refractivity contribution in [3.63, 3.8) is 0 Å². The second-order valence-corrected chi connectivity index (χ2v) is 4.28. The van der Waals surface area contributed by atoms with E-state index >= 15 is 0 Å². The Bertz CT molecular complexity index is 786. The molecule has 0 atom stereocenters. The van der Waals surface area contributed by atoms with Gasteiger partial charge in [0.25, 0.3) is 0 Å². The van der Waals surface area contributed by atoms with Gasteiger partial charge in [-0.25, -0.2) is 9.50 Å². The molecule has 0 spiro atoms. The molecule has 0 aliphatic heterocycles. The maximum absolute atomic E-state index is 11.1. The molecule has 0 bridgehead atoms. The fourth-order valence-corrected chi connectivity index (χ4v) is 2.07. The van der Waals surface area contributed by atoms with Gasteiger partial charge < -0.3 is 9.90 Å². The van der Waals surface area contributed by atoms with Gasteiger partial charge in [0.1, 0.15) is 0 Å². The summed E-state index contributed by atoms with van der Waals surface area (Å²) in [5.74, 6) is -1.28. The van der Waals surface area contributed by atoms with Crippen LogP contribution in [0.5, 0.6) is 0 Å². The average Bonchev–Trinajstić information content (AvgIpc) is 2.91. The van der Waals surface area contributed by atoms with Gasteiger partial charge in [0.15, 0.2) is 5.65 Å². The normalized spacial score (nSPS) is 10.3. The Labute approximate surface area is 143 Å². The molecule has 21 heavy (non-hydrogen) atoms. The summed E-state index contributed by atoms with van der Waals surface area (Å²) in [6, 6.07) is 7.36. The number of carbonyl (C=O) groups is 1. The van der Waals surface area contributed by atoms with Crippen LogP contribution in [0, 0.1) is 0 Å². The first-order valence-corrected chi connectivity index (χ1v) is 6.21. The molecule has 0 saturated heterocycles. The van der Waals surface area contributed by atoms with Crippen LogP contribution in [0.15, 0.2) is 36.7 Å². The van der Waals surface area contributed by atoms with E-state index in [1.54, 1.807) is 6.20 Å². The molecule has 0 unspecified atom stereocenters. The zero-order valence-electron chi connectivity index (χ0n) is 11.8. The van der Waals surface area contributed by atoms with E-state index in [-0.39, 0.29) is 40.8 Å². The maximum atomic E-state index is 11.1. The van der Waals surface area contributed by atoms with Gasteiger partial charge in [0.2, 0.25) is 0 Å². The number of rotatable bonds is 3. The summed E-state index contributed by atoms with van der Waals surface area (Å²) < 4.78 is 1.53. The van der Waals surface area contributed by atoms with Crippen molar-refractivity contribution in [3.8, 4) is 11.4 Å². The Morgan fingerprint density at radius 2 is 2.14 bits per heavy atom. The first-order valence-electron chi connectivity index (χ1n) is 6.21. The van der Waals surface area contributed by atoms with E-state index in [0.717, 1.165) is 5.69 Å². The molecule has 0 aliphatic rings. The summed E-state index contributed by atoms with van der Waals surface area (Å²) in [6.07, 6.45) is 3.63. The number of aromatic carboxylic acids is 1. The molecule has 0 aromatic carbocycles. The van der Waals surface area contributed by atoms with E-state index in [9.17, 15) is 9.90 Å². The number of hydrogen-bond donors (Lipinski definition) is 0. The van der Waals surface area contributed by atoms with Gasteiger partial charge in [0.05, 0.1) is 29.1 Å². The van der Waals surface area contributed by atoms with Crippen LogP contribution in [0.3, 0.4) is 0 Å². The molecule has 0 aliphatic carbocycles. The van der Waals surface area contributed by atoms with Gasteiger partial charge in [-0.1, -0.05) is 13.0 Å². The Morgan fingerprint density at radius 3 is 2.76 bits per heavy atom. The summed E-state index contributed by atoms with van der Waals surface area (Å²) >= 11 is 0. The van der Waals surface area contributed by atoms with Gasteiger partial charge >= 0.3 is 29.6 Å². The second-order valence-electron chi connectivity index (χ2n) is 4.28. The zero-order chi connectivity index (χ0) is 14.1. The molecule has 0 saturated carbocycles. The first-order chi connectivity index (χ1) is 9.70. The fourth-order valence-electron chi connectivity index (χ4n) is 2.07. The van der Waals surface area contributed by atoms with E-state index < -0.39 is 5.97 Å². The molecule has 0 N–H and O–H groups in total. The minimum Gasteiger partial charge on any atom is -0.545 e. The molecule has 0 radical (unpaired) electrons. The molecule has 0 amide bonds. The number of pyridine rings is 1. The number of aryl methyl sites for hydroxylation is 1. The number of nitrogens with zero attached hydrogens (tertiary/aromatic N) is 4. The maximum Gasteiger partial charge on any atom is 1.00 e. The number of carboxylic acid groups (broad SMARTS) is 1. The molecule has 6 nitrogen and oxygen atoms in total. The Morgan fingerprint density at radius 1 is 1.33 bits per heavy atom. The van der Waals surface area contributed by atoms with Gasteiger partial charge in [0, 0.05) is 11.9 Å². The zero-order valence-corrected chi connectivity index (χ0v) is 13.8. The number of hydrogen-bond acceptors (Lipinski definition) is 5. The Hall–Kier alpha value is -1.76. The number of aromatic nitrogens is 4. The molecule has 3 aromatic heterocycles. The van der Waals surface area contributed by atoms with Crippen molar-refractivity contribution in [2.75, 3.05) is 0 Å². The first kappa shape index (κ1) is 15.6. The Kier molecular flexibility index (Phi) is 4.72. The monoisotopic (exact) mass is 290 g/mol. The van der Waals surface area contributed by atoms with Crippen LogP contribution in [0.1, 0.15) is 23.0 Å². The standard InChI is InChI=1S/C14H12N4O2.Na/c1-2-9-7-12(11-5-3-4-6-15-11)17-13-10(14(19)20)8-16-18(9)13;/h3-8H,2H2,1H3,(H,19,20);/q;+1/p-1. The predicted molar refractivity (Wildman–Crippen MR) is 69.9 cm³/mol. The van der Waals surface area contributed by atoms with E-state index in [4.69, 9.17) is 0 Å². The summed E-state index contributed by atoms with van der Waals surface area (Å²) in [7, 11) is 0. The van der Waals surface area contributed by atoms with Crippen LogP contribution in [0.2, 0.25) is 0 Å². The third-order valence-electron chi connectivity index (χ3n) is 3.06. The topological polar surface area (TPSA) is 83.2 Å². The quantitative estimate of drug-likeness (QED) is 0.508. The third-order valence-corrected chi connectivity index (χ3v) is 3.06. The van der Waals surface area contributed by atoms with Crippen molar-refractivity contribution in [1.82, 2.24) is 19.6 Å². The number of fused-ring (bicyclic) bond motifs is 1. The molecule has 7 heteroatoms. The fraction of sp³-hybridized carbons (Fsp3) is 0.143. The number of carboxylic acids is 1. The van der Waals surface area contributed by atoms with Crippen LogP contribution in [0.25, 0.3) is 17.0 Å². The minimum absolute atomic E-state index is 0. The third kappa shape index (κ3) is 2.83. The molecule has 3 rings (SSSR count). The van der Waals surface area contributed by atoms with Crippen LogP contribution in [0.4, 0.5) is 0 Å². The molecule has 0 fully saturated rings. The van der Waals surface area contributed by atoms with Crippen molar-refractivity contribution in [2.24, 2.45) is 0 Å². The summed E-state index contributed by atoms with van der Waals surface area (Å²) in [4.78, 5) is 19.7. The number of carbonyl (C=O) groups excluding carboxylic acids is 1. The van der Waals surface area contributed by atoms with E-state index in [1.807, 2.05) is 31.2 Å². The Balaban J connectivity index is 0.00000161. The summed E-state index contributed by atoms with van der Waals surface area (Å²) in [5.41, 5.74) is 2.44. The van der Waals surface area contributed by atoms with Crippen molar-refractivity contribution < 1.29 is 39.5 Å². The van der Waals surface area contributed by atoms with Crippen LogP contribution < -0.4 is 34.7 Å². The SMILES string of the molecule is CCc1cc(-c2ccccn2)nc2c(C(=O)[O-])cnn12.[Na+]. The molecular formula is C14H11N4NaO2. The average molecular weight is 290 g/mol. The second kappa shape index (κ2) is 6.34. The summed E-state index contributed by atoms with van der Waals surface area (Å²) in [6.45, 7) is 1.97. The van der Waals surface area contributed by atoms with E-state index in [1.165, 1.54) is 10.7 Å². The molecule has 3 heterocycles. The van der Waals surface area contributed by atoms with Gasteiger partial charge in [-0.05, 0) is 24.6 Å². The summed E-state index contributed by atoms with van der Waals surface area (Å²) in [5, 5.41) is 15.2. The van der Waals surface area contributed by atoms with Crippen molar-refractivity contribution in [1.29, 1.82) is 0 Å². The van der Waals surface area contributed by atoms with E-state index in [0.29, 0.717) is 17.8 Å². The van der Waals surface area contributed by atoms with Crippen LogP contribution in [-0.2, 0) is 6.42 Å².